The number of aryl methyl sites for hydroxylation is 1. The average Bonchev–Trinajstić information content (AvgIpc) is 3.30. The molecule has 0 aliphatic rings. The van der Waals surface area contributed by atoms with E-state index in [2.05, 4.69) is 10.1 Å². The van der Waals surface area contributed by atoms with Crippen molar-refractivity contribution in [3.05, 3.63) is 53.2 Å². The molecule has 1 unspecified atom stereocenters. The summed E-state index contributed by atoms with van der Waals surface area (Å²) in [5.41, 5.74) is 1.08. The molecule has 0 saturated carbocycles. The zero-order valence-corrected chi connectivity index (χ0v) is 15.8. The average molecular weight is 371 g/mol. The summed E-state index contributed by atoms with van der Waals surface area (Å²) >= 11 is 1.54. The topological polar surface area (TPSA) is 68.5 Å². The van der Waals surface area contributed by atoms with E-state index in [1.54, 1.807) is 23.2 Å². The zero-order chi connectivity index (χ0) is 18.5. The Morgan fingerprint density at radius 3 is 2.88 bits per heavy atom. The van der Waals surface area contributed by atoms with E-state index in [0.717, 1.165) is 10.4 Å². The van der Waals surface area contributed by atoms with Crippen LogP contribution in [0, 0.1) is 6.92 Å². The van der Waals surface area contributed by atoms with Crippen molar-refractivity contribution in [3.8, 4) is 16.5 Å². The SMILES string of the molecule is CCN(Cc1nc(-c2cccs2)no1)C(=O)C(C)Oc1cccc(C)c1. The molecule has 1 amide bonds. The van der Waals surface area contributed by atoms with Gasteiger partial charge in [-0.15, -0.1) is 11.3 Å². The van der Waals surface area contributed by atoms with E-state index < -0.39 is 6.10 Å². The highest BCUT2D eigenvalue weighted by Crippen LogP contribution is 2.22. The Morgan fingerprint density at radius 2 is 2.19 bits per heavy atom. The van der Waals surface area contributed by atoms with Crippen LogP contribution in [0.5, 0.6) is 5.75 Å². The number of aromatic nitrogens is 2. The molecular formula is C19H21N3O3S. The third-order valence-electron chi connectivity index (χ3n) is 3.88. The molecule has 0 aliphatic heterocycles. The molecule has 0 radical (unpaired) electrons. The number of ether oxygens (including phenoxy) is 1. The lowest BCUT2D eigenvalue weighted by Gasteiger charge is -2.23. The molecule has 136 valence electrons. The number of nitrogens with zero attached hydrogens (tertiary/aromatic N) is 3. The number of carbonyl (C=O) groups excluding carboxylic acids is 1. The second kappa shape index (κ2) is 8.14. The van der Waals surface area contributed by atoms with E-state index in [1.165, 1.54) is 0 Å². The van der Waals surface area contributed by atoms with Gasteiger partial charge in [-0.2, -0.15) is 4.98 Å². The molecule has 26 heavy (non-hydrogen) atoms. The van der Waals surface area contributed by atoms with Crippen molar-refractivity contribution in [1.82, 2.24) is 15.0 Å². The Bertz CT molecular complexity index is 861. The largest absolute Gasteiger partial charge is 0.481 e. The fourth-order valence-electron chi connectivity index (χ4n) is 2.53. The maximum Gasteiger partial charge on any atom is 0.263 e. The van der Waals surface area contributed by atoms with Crippen molar-refractivity contribution in [2.24, 2.45) is 0 Å². The van der Waals surface area contributed by atoms with Gasteiger partial charge in [-0.05, 0) is 49.9 Å². The maximum absolute atomic E-state index is 12.7. The minimum atomic E-state index is -0.601. The van der Waals surface area contributed by atoms with Crippen LogP contribution in [-0.2, 0) is 11.3 Å². The van der Waals surface area contributed by atoms with Crippen LogP contribution in [-0.4, -0.2) is 33.6 Å². The van der Waals surface area contributed by atoms with Crippen molar-refractivity contribution in [2.75, 3.05) is 6.54 Å². The lowest BCUT2D eigenvalue weighted by atomic mass is 10.2. The van der Waals surface area contributed by atoms with Crippen LogP contribution < -0.4 is 4.74 Å². The highest BCUT2D eigenvalue weighted by Gasteiger charge is 2.23. The lowest BCUT2D eigenvalue weighted by molar-refractivity contribution is -0.138. The number of amides is 1. The number of benzene rings is 1. The molecule has 1 aromatic carbocycles. The molecular weight excluding hydrogens is 350 g/mol. The minimum Gasteiger partial charge on any atom is -0.481 e. The van der Waals surface area contributed by atoms with Gasteiger partial charge in [0.15, 0.2) is 6.10 Å². The van der Waals surface area contributed by atoms with Crippen LogP contribution in [0.15, 0.2) is 46.3 Å². The first-order chi connectivity index (χ1) is 12.6. The molecule has 0 aliphatic carbocycles. The van der Waals surface area contributed by atoms with Crippen molar-refractivity contribution >= 4 is 17.2 Å². The standard InChI is InChI=1S/C19H21N3O3S/c1-4-22(12-17-20-18(21-25-17)16-9-6-10-26-16)19(23)14(3)24-15-8-5-7-13(2)11-15/h5-11,14H,4,12H2,1-3H3. The van der Waals surface area contributed by atoms with Crippen LogP contribution in [0.3, 0.4) is 0 Å². The summed E-state index contributed by atoms with van der Waals surface area (Å²) in [5, 5.41) is 5.94. The summed E-state index contributed by atoms with van der Waals surface area (Å²) in [5.74, 6) is 1.51. The number of hydrogen-bond acceptors (Lipinski definition) is 6. The van der Waals surface area contributed by atoms with Gasteiger partial charge in [0.25, 0.3) is 5.91 Å². The van der Waals surface area contributed by atoms with E-state index in [1.807, 2.05) is 55.6 Å². The van der Waals surface area contributed by atoms with Gasteiger partial charge in [-0.3, -0.25) is 4.79 Å². The van der Waals surface area contributed by atoms with Gasteiger partial charge in [-0.25, -0.2) is 0 Å². The van der Waals surface area contributed by atoms with E-state index in [9.17, 15) is 4.79 Å². The monoisotopic (exact) mass is 371 g/mol. The van der Waals surface area contributed by atoms with Gasteiger partial charge in [-0.1, -0.05) is 23.4 Å². The molecule has 0 bridgehead atoms. The summed E-state index contributed by atoms with van der Waals surface area (Å²) in [4.78, 5) is 19.7. The number of carbonyl (C=O) groups is 1. The molecule has 3 aromatic rings. The molecule has 1 atom stereocenters. The number of rotatable bonds is 7. The highest BCUT2D eigenvalue weighted by molar-refractivity contribution is 7.13. The van der Waals surface area contributed by atoms with Crippen LogP contribution in [0.1, 0.15) is 25.3 Å². The molecule has 0 fully saturated rings. The van der Waals surface area contributed by atoms with Gasteiger partial charge in [0, 0.05) is 6.54 Å². The summed E-state index contributed by atoms with van der Waals surface area (Å²) < 4.78 is 11.1. The predicted octanol–water partition coefficient (Wildman–Crippen LogP) is 3.92. The van der Waals surface area contributed by atoms with Crippen LogP contribution in [0.25, 0.3) is 10.7 Å². The predicted molar refractivity (Wildman–Crippen MR) is 100.0 cm³/mol. The second-order valence-electron chi connectivity index (χ2n) is 5.92. The summed E-state index contributed by atoms with van der Waals surface area (Å²) in [6.45, 7) is 6.43. The van der Waals surface area contributed by atoms with Crippen molar-refractivity contribution < 1.29 is 14.1 Å². The Morgan fingerprint density at radius 1 is 1.35 bits per heavy atom. The van der Waals surface area contributed by atoms with E-state index in [0.29, 0.717) is 24.0 Å². The normalized spacial score (nSPS) is 12.0. The van der Waals surface area contributed by atoms with Crippen LogP contribution in [0.4, 0.5) is 0 Å². The fourth-order valence-corrected chi connectivity index (χ4v) is 3.18. The van der Waals surface area contributed by atoms with Gasteiger partial charge in [0.2, 0.25) is 11.7 Å². The number of thiophene rings is 1. The molecule has 3 rings (SSSR count). The Kier molecular flexibility index (Phi) is 5.68. The first kappa shape index (κ1) is 18.1. The third kappa shape index (κ3) is 4.29. The van der Waals surface area contributed by atoms with E-state index >= 15 is 0 Å². The second-order valence-corrected chi connectivity index (χ2v) is 6.87. The van der Waals surface area contributed by atoms with Crippen molar-refractivity contribution in [2.45, 2.75) is 33.4 Å². The van der Waals surface area contributed by atoms with Gasteiger partial charge in [0.1, 0.15) is 12.3 Å². The van der Waals surface area contributed by atoms with E-state index in [-0.39, 0.29) is 12.5 Å². The molecule has 0 N–H and O–H groups in total. The number of likely N-dealkylation sites (N-methyl/N-ethyl adjacent to an activating group) is 1. The summed E-state index contributed by atoms with van der Waals surface area (Å²) in [6, 6.07) is 11.5. The van der Waals surface area contributed by atoms with Crippen molar-refractivity contribution in [1.29, 1.82) is 0 Å². The van der Waals surface area contributed by atoms with Crippen molar-refractivity contribution in [3.63, 3.8) is 0 Å². The highest BCUT2D eigenvalue weighted by atomic mass is 32.1. The van der Waals surface area contributed by atoms with Gasteiger partial charge >= 0.3 is 0 Å². The Labute approximate surface area is 156 Å². The van der Waals surface area contributed by atoms with Gasteiger partial charge in [0.05, 0.1) is 4.88 Å². The molecule has 0 spiro atoms. The van der Waals surface area contributed by atoms with Crippen LogP contribution >= 0.6 is 11.3 Å². The third-order valence-corrected chi connectivity index (χ3v) is 4.75. The first-order valence-electron chi connectivity index (χ1n) is 8.45. The van der Waals surface area contributed by atoms with E-state index in [4.69, 9.17) is 9.26 Å². The molecule has 2 heterocycles. The maximum atomic E-state index is 12.7. The zero-order valence-electron chi connectivity index (χ0n) is 15.0. The lowest BCUT2D eigenvalue weighted by Crippen LogP contribution is -2.40. The Hall–Kier alpha value is -2.67. The molecule has 2 aromatic heterocycles. The quantitative estimate of drug-likeness (QED) is 0.630. The minimum absolute atomic E-state index is 0.120. The Balaban J connectivity index is 1.65. The first-order valence-corrected chi connectivity index (χ1v) is 9.33. The summed E-state index contributed by atoms with van der Waals surface area (Å²) in [6.07, 6.45) is -0.601. The van der Waals surface area contributed by atoms with Crippen LogP contribution in [0.2, 0.25) is 0 Å². The molecule has 6 nitrogen and oxygen atoms in total. The number of hydrogen-bond donors (Lipinski definition) is 0. The molecule has 7 heteroatoms. The van der Waals surface area contributed by atoms with Gasteiger partial charge < -0.3 is 14.2 Å². The summed E-state index contributed by atoms with van der Waals surface area (Å²) in [7, 11) is 0. The molecule has 0 saturated heterocycles. The smallest absolute Gasteiger partial charge is 0.263 e. The fraction of sp³-hybridized carbons (Fsp3) is 0.316.